The van der Waals surface area contributed by atoms with Crippen molar-refractivity contribution in [1.29, 1.82) is 0 Å². The minimum absolute atomic E-state index is 0.0802. The Hall–Kier alpha value is -2.47. The molecule has 1 atom stereocenters. The summed E-state index contributed by atoms with van der Waals surface area (Å²) in [5.74, 6) is 0. The molecule has 0 saturated carbocycles. The summed E-state index contributed by atoms with van der Waals surface area (Å²) in [6, 6.07) is 12.5. The molecular weight excluding hydrogens is 258 g/mol. The number of rotatable bonds is 6. The quantitative estimate of drug-likeness (QED) is 0.623. The molecule has 0 bridgehead atoms. The van der Waals surface area contributed by atoms with Gasteiger partial charge in [-0.25, -0.2) is 0 Å². The fourth-order valence-corrected chi connectivity index (χ4v) is 1.76. The molecule has 2 N–H and O–H groups in total. The smallest absolute Gasteiger partial charge is 0.287 e. The van der Waals surface area contributed by atoms with Crippen molar-refractivity contribution in [3.8, 4) is 0 Å². The Balaban J connectivity index is 1.85. The van der Waals surface area contributed by atoms with Gasteiger partial charge in [-0.3, -0.25) is 15.1 Å². The van der Waals surface area contributed by atoms with Crippen LogP contribution in [0.3, 0.4) is 0 Å². The molecule has 0 aliphatic carbocycles. The third-order valence-electron chi connectivity index (χ3n) is 2.84. The Labute approximate surface area is 116 Å². The zero-order chi connectivity index (χ0) is 14.4. The Morgan fingerprint density at radius 2 is 2.00 bits per heavy atom. The first-order valence-electron chi connectivity index (χ1n) is 6.24. The first kappa shape index (κ1) is 14.0. The first-order chi connectivity index (χ1) is 9.66. The van der Waals surface area contributed by atoms with E-state index in [-0.39, 0.29) is 5.69 Å². The number of hydrogen-bond acceptors (Lipinski definition) is 5. The number of aromatic nitrogens is 1. The van der Waals surface area contributed by atoms with Gasteiger partial charge in [0, 0.05) is 18.3 Å². The summed E-state index contributed by atoms with van der Waals surface area (Å²) in [7, 11) is 0. The molecular formula is C14H15N3O3. The van der Waals surface area contributed by atoms with Crippen LogP contribution in [0, 0.1) is 10.1 Å². The lowest BCUT2D eigenvalue weighted by Gasteiger charge is -2.11. The van der Waals surface area contributed by atoms with Gasteiger partial charge in [0.25, 0.3) is 5.69 Å². The molecule has 6 nitrogen and oxygen atoms in total. The summed E-state index contributed by atoms with van der Waals surface area (Å²) in [6.07, 6.45) is 0.884. The average molecular weight is 273 g/mol. The van der Waals surface area contributed by atoms with Crippen LogP contribution in [-0.2, 0) is 0 Å². The maximum Gasteiger partial charge on any atom is 0.287 e. The SMILES string of the molecule is O=[N+]([O-])c1ccc(C(O)CCNc2ccccc2)nc1. The van der Waals surface area contributed by atoms with Crippen molar-refractivity contribution in [2.24, 2.45) is 0 Å². The summed E-state index contributed by atoms with van der Waals surface area (Å²) in [6.45, 7) is 0.587. The van der Waals surface area contributed by atoms with E-state index in [4.69, 9.17) is 0 Å². The van der Waals surface area contributed by atoms with E-state index in [0.717, 1.165) is 11.9 Å². The van der Waals surface area contributed by atoms with Crippen LogP contribution in [0.1, 0.15) is 18.2 Å². The molecule has 2 aromatic rings. The molecule has 1 unspecified atom stereocenters. The Kier molecular flexibility index (Phi) is 4.62. The van der Waals surface area contributed by atoms with Gasteiger partial charge in [-0.2, -0.15) is 0 Å². The predicted octanol–water partition coefficient (Wildman–Crippen LogP) is 2.53. The standard InChI is InChI=1S/C14H15N3O3/c18-14(8-9-15-11-4-2-1-3-5-11)13-7-6-12(10-16-13)17(19)20/h1-7,10,14-15,18H,8-9H2. The molecule has 6 heteroatoms. The number of benzene rings is 1. The first-order valence-corrected chi connectivity index (χ1v) is 6.24. The van der Waals surface area contributed by atoms with E-state index in [2.05, 4.69) is 10.3 Å². The molecule has 0 saturated heterocycles. The number of aliphatic hydroxyl groups excluding tert-OH is 1. The molecule has 0 spiro atoms. The number of hydrogen-bond donors (Lipinski definition) is 2. The van der Waals surface area contributed by atoms with Crippen LogP contribution >= 0.6 is 0 Å². The summed E-state index contributed by atoms with van der Waals surface area (Å²) in [4.78, 5) is 13.9. The maximum absolute atomic E-state index is 10.5. The van der Waals surface area contributed by atoms with E-state index >= 15 is 0 Å². The molecule has 20 heavy (non-hydrogen) atoms. The van der Waals surface area contributed by atoms with Crippen LogP contribution in [0.25, 0.3) is 0 Å². The molecule has 1 aromatic carbocycles. The highest BCUT2D eigenvalue weighted by Gasteiger charge is 2.11. The van der Waals surface area contributed by atoms with Crippen molar-refractivity contribution in [2.45, 2.75) is 12.5 Å². The highest BCUT2D eigenvalue weighted by atomic mass is 16.6. The second-order valence-electron chi connectivity index (χ2n) is 4.30. The summed E-state index contributed by atoms with van der Waals surface area (Å²) >= 11 is 0. The van der Waals surface area contributed by atoms with Crippen LogP contribution in [0.4, 0.5) is 11.4 Å². The number of para-hydroxylation sites is 1. The van der Waals surface area contributed by atoms with Crippen molar-refractivity contribution in [2.75, 3.05) is 11.9 Å². The molecule has 1 aromatic heterocycles. The largest absolute Gasteiger partial charge is 0.387 e. The fourth-order valence-electron chi connectivity index (χ4n) is 1.76. The molecule has 0 aliphatic heterocycles. The maximum atomic E-state index is 10.5. The molecule has 0 radical (unpaired) electrons. The van der Waals surface area contributed by atoms with E-state index in [0.29, 0.717) is 18.7 Å². The minimum Gasteiger partial charge on any atom is -0.387 e. The second-order valence-corrected chi connectivity index (χ2v) is 4.30. The zero-order valence-electron chi connectivity index (χ0n) is 10.8. The van der Waals surface area contributed by atoms with Crippen LogP contribution in [0.15, 0.2) is 48.7 Å². The van der Waals surface area contributed by atoms with Crippen molar-refractivity contribution in [1.82, 2.24) is 4.98 Å². The van der Waals surface area contributed by atoms with Gasteiger partial charge in [0.15, 0.2) is 0 Å². The number of nitro groups is 1. The number of anilines is 1. The minimum atomic E-state index is -0.744. The van der Waals surface area contributed by atoms with Crippen LogP contribution in [-0.4, -0.2) is 21.6 Å². The Bertz CT molecular complexity index is 558. The highest BCUT2D eigenvalue weighted by molar-refractivity contribution is 5.42. The van der Waals surface area contributed by atoms with E-state index in [1.54, 1.807) is 0 Å². The lowest BCUT2D eigenvalue weighted by atomic mass is 10.1. The number of nitrogens with zero attached hydrogens (tertiary/aromatic N) is 2. The average Bonchev–Trinajstić information content (AvgIpc) is 2.48. The lowest BCUT2D eigenvalue weighted by Crippen LogP contribution is -2.08. The third kappa shape index (κ3) is 3.76. The number of nitrogens with one attached hydrogen (secondary N) is 1. The molecule has 0 amide bonds. The van der Waals surface area contributed by atoms with Gasteiger partial charge in [-0.15, -0.1) is 0 Å². The molecule has 0 fully saturated rings. The van der Waals surface area contributed by atoms with Gasteiger partial charge in [-0.1, -0.05) is 18.2 Å². The van der Waals surface area contributed by atoms with Crippen LogP contribution < -0.4 is 5.32 Å². The van der Waals surface area contributed by atoms with Crippen LogP contribution in [0.2, 0.25) is 0 Å². The summed E-state index contributed by atoms with van der Waals surface area (Å²) in [5, 5.41) is 23.6. The topological polar surface area (TPSA) is 88.3 Å². The molecule has 2 rings (SSSR count). The van der Waals surface area contributed by atoms with Gasteiger partial charge in [-0.05, 0) is 24.6 Å². The monoisotopic (exact) mass is 273 g/mol. The summed E-state index contributed by atoms with van der Waals surface area (Å²) < 4.78 is 0. The second kappa shape index (κ2) is 6.63. The normalized spacial score (nSPS) is 11.8. The van der Waals surface area contributed by atoms with Crippen LogP contribution in [0.5, 0.6) is 0 Å². The third-order valence-corrected chi connectivity index (χ3v) is 2.84. The van der Waals surface area contributed by atoms with Crippen molar-refractivity contribution in [3.63, 3.8) is 0 Å². The number of aliphatic hydroxyl groups is 1. The summed E-state index contributed by atoms with van der Waals surface area (Å²) in [5.41, 5.74) is 1.34. The predicted molar refractivity (Wildman–Crippen MR) is 75.4 cm³/mol. The lowest BCUT2D eigenvalue weighted by molar-refractivity contribution is -0.385. The van der Waals surface area contributed by atoms with Gasteiger partial charge in [0.05, 0.1) is 16.7 Å². The molecule has 0 aliphatic rings. The Morgan fingerprint density at radius 1 is 1.25 bits per heavy atom. The molecule has 1 heterocycles. The van der Waals surface area contributed by atoms with Gasteiger partial charge in [0.1, 0.15) is 6.20 Å². The number of pyridine rings is 1. The van der Waals surface area contributed by atoms with E-state index in [1.165, 1.54) is 12.1 Å². The zero-order valence-corrected chi connectivity index (χ0v) is 10.8. The van der Waals surface area contributed by atoms with Gasteiger partial charge in [0.2, 0.25) is 0 Å². The van der Waals surface area contributed by atoms with Crippen molar-refractivity contribution < 1.29 is 10.0 Å². The van der Waals surface area contributed by atoms with E-state index in [9.17, 15) is 15.2 Å². The van der Waals surface area contributed by atoms with Crippen molar-refractivity contribution in [3.05, 3.63) is 64.5 Å². The highest BCUT2D eigenvalue weighted by Crippen LogP contribution is 2.17. The van der Waals surface area contributed by atoms with E-state index in [1.807, 2.05) is 30.3 Å². The van der Waals surface area contributed by atoms with E-state index < -0.39 is 11.0 Å². The van der Waals surface area contributed by atoms with Gasteiger partial charge < -0.3 is 10.4 Å². The fraction of sp³-hybridized carbons (Fsp3) is 0.214. The molecule has 104 valence electrons. The van der Waals surface area contributed by atoms with Crippen molar-refractivity contribution >= 4 is 11.4 Å². The Morgan fingerprint density at radius 3 is 2.60 bits per heavy atom. The van der Waals surface area contributed by atoms with Gasteiger partial charge >= 0.3 is 0 Å².